The van der Waals surface area contributed by atoms with Crippen LogP contribution in [0, 0.1) is 0 Å². The molecule has 0 saturated carbocycles. The molecule has 0 spiro atoms. The van der Waals surface area contributed by atoms with E-state index >= 15 is 0 Å². The van der Waals surface area contributed by atoms with E-state index < -0.39 is 30.3 Å². The van der Waals surface area contributed by atoms with Crippen LogP contribution in [0.1, 0.15) is 18.4 Å². The first-order valence-electron chi connectivity index (χ1n) is 7.85. The van der Waals surface area contributed by atoms with Gasteiger partial charge in [0.2, 0.25) is 0 Å². The molecule has 1 fully saturated rings. The number of benzene rings is 1. The Labute approximate surface area is 163 Å². The van der Waals surface area contributed by atoms with E-state index in [2.05, 4.69) is 0 Å². The topological polar surface area (TPSA) is 115 Å². The molecule has 1 atom stereocenters. The van der Waals surface area contributed by atoms with Crippen LogP contribution < -0.4 is 4.90 Å². The highest BCUT2D eigenvalue weighted by Gasteiger charge is 2.45. The first-order valence-corrected chi connectivity index (χ1v) is 9.08. The maximum absolute atomic E-state index is 12.9. The summed E-state index contributed by atoms with van der Waals surface area (Å²) in [4.78, 5) is 50.4. The van der Waals surface area contributed by atoms with Crippen molar-refractivity contribution in [2.75, 3.05) is 11.9 Å². The Bertz CT molecular complexity index is 926. The van der Waals surface area contributed by atoms with Gasteiger partial charge in [0.1, 0.15) is 10.4 Å². The van der Waals surface area contributed by atoms with Crippen molar-refractivity contribution in [3.63, 3.8) is 0 Å². The molecular formula is C17H14N2O6S2. The Morgan fingerprint density at radius 3 is 2.48 bits per heavy atom. The third-order valence-corrected chi connectivity index (χ3v) is 5.71. The molecule has 1 saturated heterocycles. The van der Waals surface area contributed by atoms with Crippen LogP contribution in [0.15, 0.2) is 29.2 Å². The van der Waals surface area contributed by atoms with Gasteiger partial charge in [-0.3, -0.25) is 19.3 Å². The summed E-state index contributed by atoms with van der Waals surface area (Å²) >= 11 is 6.03. The summed E-state index contributed by atoms with van der Waals surface area (Å²) < 4.78 is -0.0138. The van der Waals surface area contributed by atoms with Crippen molar-refractivity contribution in [3.8, 4) is 0 Å². The molecule has 140 valence electrons. The van der Waals surface area contributed by atoms with Crippen molar-refractivity contribution in [2.45, 2.75) is 18.9 Å². The number of likely N-dealkylation sites (N-methyl/N-ethyl adjacent to an activating group) is 1. The lowest BCUT2D eigenvalue weighted by Gasteiger charge is -2.22. The molecule has 2 aliphatic heterocycles. The van der Waals surface area contributed by atoms with Gasteiger partial charge < -0.3 is 15.1 Å². The second kappa shape index (κ2) is 7.12. The zero-order valence-corrected chi connectivity index (χ0v) is 15.7. The van der Waals surface area contributed by atoms with Crippen molar-refractivity contribution in [2.24, 2.45) is 0 Å². The number of anilines is 1. The molecule has 0 bridgehead atoms. The van der Waals surface area contributed by atoms with Crippen molar-refractivity contribution >= 4 is 63.3 Å². The molecule has 0 aromatic heterocycles. The van der Waals surface area contributed by atoms with Crippen molar-refractivity contribution in [1.82, 2.24) is 4.90 Å². The number of aliphatic carboxylic acids is 2. The SMILES string of the molecule is CN1C(=O)/C(=C2\SC(=S)N([C@@H](CCC(=O)O)C(=O)O)C2=O)c2ccccc21. The molecule has 2 amide bonds. The Morgan fingerprint density at radius 1 is 1.19 bits per heavy atom. The molecule has 0 aliphatic carbocycles. The van der Waals surface area contributed by atoms with Gasteiger partial charge in [0.05, 0.1) is 16.2 Å². The number of hydrogen-bond acceptors (Lipinski definition) is 6. The highest BCUT2D eigenvalue weighted by molar-refractivity contribution is 8.26. The number of hydrogen-bond donors (Lipinski definition) is 2. The summed E-state index contributed by atoms with van der Waals surface area (Å²) in [5, 5.41) is 18.3. The second-order valence-electron chi connectivity index (χ2n) is 5.92. The molecule has 2 heterocycles. The van der Waals surface area contributed by atoms with Gasteiger partial charge in [0, 0.05) is 19.0 Å². The summed E-state index contributed by atoms with van der Waals surface area (Å²) in [6.07, 6.45) is -0.714. The number of nitrogens with zero attached hydrogens (tertiary/aromatic N) is 2. The molecule has 1 aromatic rings. The molecule has 2 aliphatic rings. The van der Waals surface area contributed by atoms with E-state index in [1.807, 2.05) is 0 Å². The maximum atomic E-state index is 12.9. The van der Waals surface area contributed by atoms with Crippen LogP contribution in [0.5, 0.6) is 0 Å². The van der Waals surface area contributed by atoms with Gasteiger partial charge in [0.15, 0.2) is 0 Å². The summed E-state index contributed by atoms with van der Waals surface area (Å²) in [6, 6.07) is 5.55. The van der Waals surface area contributed by atoms with E-state index in [0.717, 1.165) is 16.7 Å². The predicted octanol–water partition coefficient (Wildman–Crippen LogP) is 1.55. The van der Waals surface area contributed by atoms with E-state index in [9.17, 15) is 24.3 Å². The van der Waals surface area contributed by atoms with Crippen molar-refractivity contribution in [3.05, 3.63) is 34.7 Å². The third-order valence-electron chi connectivity index (χ3n) is 4.31. The van der Waals surface area contributed by atoms with Gasteiger partial charge in [-0.1, -0.05) is 42.2 Å². The molecule has 0 unspecified atom stereocenters. The molecule has 1 aromatic carbocycles. The fourth-order valence-electron chi connectivity index (χ4n) is 3.01. The Morgan fingerprint density at radius 2 is 1.85 bits per heavy atom. The highest BCUT2D eigenvalue weighted by Crippen LogP contribution is 2.44. The summed E-state index contributed by atoms with van der Waals surface area (Å²) in [6.45, 7) is 0. The Kier molecular flexibility index (Phi) is 5.03. The minimum absolute atomic E-state index is 0.0138. The molecule has 0 radical (unpaired) electrons. The van der Waals surface area contributed by atoms with Gasteiger partial charge in [-0.2, -0.15) is 0 Å². The molecule has 10 heteroatoms. The number of fused-ring (bicyclic) bond motifs is 1. The lowest BCUT2D eigenvalue weighted by atomic mass is 10.1. The molecule has 27 heavy (non-hydrogen) atoms. The first-order chi connectivity index (χ1) is 12.7. The van der Waals surface area contributed by atoms with Gasteiger partial charge >= 0.3 is 11.9 Å². The summed E-state index contributed by atoms with van der Waals surface area (Å²) in [5.41, 5.74) is 1.39. The van der Waals surface area contributed by atoms with E-state index in [0.29, 0.717) is 11.3 Å². The monoisotopic (exact) mass is 406 g/mol. The number of carbonyl (C=O) groups excluding carboxylic acids is 2. The highest BCUT2D eigenvalue weighted by atomic mass is 32.2. The predicted molar refractivity (Wildman–Crippen MR) is 102 cm³/mol. The van der Waals surface area contributed by atoms with Crippen molar-refractivity contribution in [1.29, 1.82) is 0 Å². The molecule has 8 nitrogen and oxygen atoms in total. The standard InChI is InChI=1S/C17H14N2O6S2/c1-18-9-5-3-2-4-8(9)12(14(18)22)13-15(23)19(17(26)27-13)10(16(24)25)6-7-11(20)21/h2-5,10H,6-7H2,1H3,(H,20,21)(H,24,25)/b13-12-/t10-/m0/s1. The molecule has 3 rings (SSSR count). The van der Waals surface area contributed by atoms with Gasteiger partial charge in [-0.15, -0.1) is 0 Å². The van der Waals surface area contributed by atoms with Crippen LogP contribution in [0.25, 0.3) is 5.57 Å². The van der Waals surface area contributed by atoms with Crippen LogP contribution >= 0.6 is 24.0 Å². The van der Waals surface area contributed by atoms with Crippen LogP contribution in [0.4, 0.5) is 5.69 Å². The number of amides is 2. The van der Waals surface area contributed by atoms with E-state index in [-0.39, 0.29) is 27.1 Å². The second-order valence-corrected chi connectivity index (χ2v) is 7.56. The molecule has 2 N–H and O–H groups in total. The van der Waals surface area contributed by atoms with E-state index in [1.54, 1.807) is 31.3 Å². The maximum Gasteiger partial charge on any atom is 0.326 e. The number of rotatable bonds is 5. The fourth-order valence-corrected chi connectivity index (χ4v) is 4.44. The van der Waals surface area contributed by atoms with E-state index in [4.69, 9.17) is 17.3 Å². The number of carbonyl (C=O) groups is 4. The Hall–Kier alpha value is -2.72. The van der Waals surface area contributed by atoms with Gasteiger partial charge in [-0.25, -0.2) is 4.79 Å². The summed E-state index contributed by atoms with van der Waals surface area (Å²) in [5.74, 6) is -3.61. The normalized spacial score (nSPS) is 20.3. The number of thiocarbonyl (C=S) groups is 1. The zero-order chi connectivity index (χ0) is 19.9. The number of carboxylic acids is 2. The van der Waals surface area contributed by atoms with Gasteiger partial charge in [0.25, 0.3) is 11.8 Å². The smallest absolute Gasteiger partial charge is 0.326 e. The van der Waals surface area contributed by atoms with Crippen molar-refractivity contribution < 1.29 is 29.4 Å². The zero-order valence-electron chi connectivity index (χ0n) is 14.0. The van der Waals surface area contributed by atoms with E-state index in [1.165, 1.54) is 4.90 Å². The minimum Gasteiger partial charge on any atom is -0.481 e. The van der Waals surface area contributed by atoms with Gasteiger partial charge in [-0.05, 0) is 12.5 Å². The lowest BCUT2D eigenvalue weighted by molar-refractivity contribution is -0.146. The lowest BCUT2D eigenvalue weighted by Crippen LogP contribution is -2.44. The van der Waals surface area contributed by atoms with Crippen LogP contribution in [-0.2, 0) is 19.2 Å². The summed E-state index contributed by atoms with van der Waals surface area (Å²) in [7, 11) is 1.59. The van der Waals surface area contributed by atoms with Crippen LogP contribution in [-0.4, -0.2) is 56.3 Å². The first kappa shape index (κ1) is 19.1. The molecular weight excluding hydrogens is 392 g/mol. The number of para-hydroxylation sites is 1. The number of thioether (sulfide) groups is 1. The van der Waals surface area contributed by atoms with Crippen LogP contribution in [0.3, 0.4) is 0 Å². The fraction of sp³-hybridized carbons (Fsp3) is 0.235. The minimum atomic E-state index is -1.41. The average molecular weight is 406 g/mol. The number of carboxylic acid groups (broad SMARTS) is 2. The Balaban J connectivity index is 2.03. The average Bonchev–Trinajstić information content (AvgIpc) is 3.03. The third kappa shape index (κ3) is 3.21. The largest absolute Gasteiger partial charge is 0.481 e. The van der Waals surface area contributed by atoms with Crippen LogP contribution in [0.2, 0.25) is 0 Å². The quantitative estimate of drug-likeness (QED) is 0.559.